The molecule has 1 heterocycles. The average molecular weight is 427 g/mol. The summed E-state index contributed by atoms with van der Waals surface area (Å²) in [7, 11) is 1.55. The topological polar surface area (TPSA) is 47.9 Å². The van der Waals surface area contributed by atoms with Crippen LogP contribution in [0.4, 0.5) is 0 Å². The number of nitrogens with zero attached hydrogens (tertiary/aromatic N) is 1. The van der Waals surface area contributed by atoms with Gasteiger partial charge in [0, 0.05) is 10.0 Å². The van der Waals surface area contributed by atoms with Gasteiger partial charge in [-0.3, -0.25) is 0 Å². The fraction of sp³-hybridized carbons (Fsp3) is 0.0588. The maximum atomic E-state index is 12.1. The predicted molar refractivity (Wildman–Crippen MR) is 97.8 cm³/mol. The molecule has 0 saturated carbocycles. The van der Waals surface area contributed by atoms with Crippen molar-refractivity contribution in [3.8, 4) is 5.75 Å². The van der Waals surface area contributed by atoms with E-state index in [1.165, 1.54) is 0 Å². The number of rotatable bonds is 3. The van der Waals surface area contributed by atoms with Gasteiger partial charge in [0.25, 0.3) is 0 Å². The lowest BCUT2D eigenvalue weighted by Gasteiger charge is -2.04. The van der Waals surface area contributed by atoms with E-state index < -0.39 is 5.97 Å². The smallest absolute Gasteiger partial charge is 0.363 e. The zero-order valence-electron chi connectivity index (χ0n) is 12.3. The molecule has 1 aliphatic rings. The summed E-state index contributed by atoms with van der Waals surface area (Å²) in [6.45, 7) is 0. The molecule has 0 unspecified atom stereocenters. The Morgan fingerprint density at radius 2 is 2.04 bits per heavy atom. The van der Waals surface area contributed by atoms with Gasteiger partial charge in [-0.25, -0.2) is 9.79 Å². The number of aliphatic imine (C=N–C) groups is 1. The third-order valence-corrected chi connectivity index (χ3v) is 4.60. The van der Waals surface area contributed by atoms with Crippen molar-refractivity contribution in [3.63, 3.8) is 0 Å². The minimum absolute atomic E-state index is 0.118. The Balaban J connectivity index is 2.04. The average Bonchev–Trinajstić information content (AvgIpc) is 2.91. The van der Waals surface area contributed by atoms with Crippen molar-refractivity contribution in [1.82, 2.24) is 0 Å². The molecule has 0 N–H and O–H groups in total. The van der Waals surface area contributed by atoms with E-state index in [1.54, 1.807) is 37.5 Å². The quantitative estimate of drug-likeness (QED) is 0.506. The molecule has 0 amide bonds. The first-order valence-electron chi connectivity index (χ1n) is 6.80. The van der Waals surface area contributed by atoms with Gasteiger partial charge >= 0.3 is 5.97 Å². The highest BCUT2D eigenvalue weighted by Gasteiger charge is 2.26. The number of cyclic esters (lactones) is 1. The Kier molecular flexibility index (Phi) is 4.94. The van der Waals surface area contributed by atoms with Crippen molar-refractivity contribution in [3.05, 3.63) is 67.7 Å². The lowest BCUT2D eigenvalue weighted by molar-refractivity contribution is -0.129. The fourth-order valence-electron chi connectivity index (χ4n) is 2.16. The Bertz CT molecular complexity index is 893. The second-order valence-corrected chi connectivity index (χ2v) is 6.52. The SMILES string of the molecule is COc1ccc(Br)cc1/C=C1/N=C(c2cccc(Cl)c2Cl)OC1=O. The molecule has 0 fully saturated rings. The molecule has 0 bridgehead atoms. The summed E-state index contributed by atoms with van der Waals surface area (Å²) in [5.74, 6) is 0.165. The highest BCUT2D eigenvalue weighted by molar-refractivity contribution is 9.10. The second kappa shape index (κ2) is 6.97. The maximum Gasteiger partial charge on any atom is 0.363 e. The van der Waals surface area contributed by atoms with E-state index in [0.717, 1.165) is 4.47 Å². The van der Waals surface area contributed by atoms with Crippen LogP contribution in [0, 0.1) is 0 Å². The van der Waals surface area contributed by atoms with E-state index in [2.05, 4.69) is 20.9 Å². The Labute approximate surface area is 156 Å². The summed E-state index contributed by atoms with van der Waals surface area (Å²) >= 11 is 15.5. The van der Waals surface area contributed by atoms with Crippen LogP contribution in [0.1, 0.15) is 11.1 Å². The Morgan fingerprint density at radius 1 is 1.25 bits per heavy atom. The molecule has 7 heteroatoms. The molecule has 24 heavy (non-hydrogen) atoms. The van der Waals surface area contributed by atoms with E-state index >= 15 is 0 Å². The summed E-state index contributed by atoms with van der Waals surface area (Å²) in [4.78, 5) is 16.3. The number of benzene rings is 2. The zero-order valence-corrected chi connectivity index (χ0v) is 15.4. The van der Waals surface area contributed by atoms with Crippen LogP contribution in [-0.4, -0.2) is 19.0 Å². The predicted octanol–water partition coefficient (Wildman–Crippen LogP) is 5.11. The van der Waals surface area contributed by atoms with Crippen LogP contribution in [0.5, 0.6) is 5.75 Å². The van der Waals surface area contributed by atoms with Crippen molar-refractivity contribution in [2.24, 2.45) is 4.99 Å². The van der Waals surface area contributed by atoms with Crippen LogP contribution >= 0.6 is 39.1 Å². The molecule has 0 saturated heterocycles. The summed E-state index contributed by atoms with van der Waals surface area (Å²) in [6.07, 6.45) is 1.59. The lowest BCUT2D eigenvalue weighted by Crippen LogP contribution is -2.06. The van der Waals surface area contributed by atoms with E-state index in [1.807, 2.05) is 12.1 Å². The standard InChI is InChI=1S/C17H10BrCl2NO3/c1-23-14-6-5-10(18)7-9(14)8-13-17(22)24-16(21-13)11-3-2-4-12(19)15(11)20/h2-8H,1H3/b13-8+. The zero-order chi connectivity index (χ0) is 17.3. The van der Waals surface area contributed by atoms with Gasteiger partial charge in [-0.15, -0.1) is 0 Å². The molecule has 0 aromatic heterocycles. The summed E-state index contributed by atoms with van der Waals surface area (Å²) in [5, 5.41) is 0.644. The Morgan fingerprint density at radius 3 is 2.79 bits per heavy atom. The lowest BCUT2D eigenvalue weighted by atomic mass is 10.1. The molecule has 0 spiro atoms. The third kappa shape index (κ3) is 3.34. The van der Waals surface area contributed by atoms with Crippen LogP contribution in [0.3, 0.4) is 0 Å². The molecule has 0 aliphatic carbocycles. The van der Waals surface area contributed by atoms with Gasteiger partial charge in [-0.2, -0.15) is 0 Å². The summed E-state index contributed by atoms with van der Waals surface area (Å²) < 4.78 is 11.4. The highest BCUT2D eigenvalue weighted by atomic mass is 79.9. The fourth-order valence-corrected chi connectivity index (χ4v) is 2.92. The van der Waals surface area contributed by atoms with Crippen LogP contribution in [-0.2, 0) is 9.53 Å². The first kappa shape index (κ1) is 17.0. The summed E-state index contributed by atoms with van der Waals surface area (Å²) in [5.41, 5.74) is 1.31. The number of carbonyl (C=O) groups excluding carboxylic acids is 1. The molecule has 4 nitrogen and oxygen atoms in total. The highest BCUT2D eigenvalue weighted by Crippen LogP contribution is 2.30. The minimum Gasteiger partial charge on any atom is -0.496 e. The van der Waals surface area contributed by atoms with Gasteiger partial charge in [-0.05, 0) is 36.4 Å². The summed E-state index contributed by atoms with van der Waals surface area (Å²) in [6, 6.07) is 10.5. The van der Waals surface area contributed by atoms with Gasteiger partial charge in [0.1, 0.15) is 5.75 Å². The first-order valence-corrected chi connectivity index (χ1v) is 8.35. The molecule has 1 aliphatic heterocycles. The number of hydrogen-bond acceptors (Lipinski definition) is 4. The van der Waals surface area contributed by atoms with Crippen molar-refractivity contribution in [2.45, 2.75) is 0 Å². The number of carbonyl (C=O) groups is 1. The van der Waals surface area contributed by atoms with Gasteiger partial charge in [-0.1, -0.05) is 45.2 Å². The number of halogens is 3. The van der Waals surface area contributed by atoms with Crippen molar-refractivity contribution in [2.75, 3.05) is 7.11 Å². The number of esters is 1. The molecule has 0 radical (unpaired) electrons. The Hall–Kier alpha value is -1.82. The first-order chi connectivity index (χ1) is 11.5. The third-order valence-electron chi connectivity index (χ3n) is 3.29. The van der Waals surface area contributed by atoms with Crippen LogP contribution in [0.2, 0.25) is 10.0 Å². The molecule has 2 aromatic rings. The van der Waals surface area contributed by atoms with E-state index in [9.17, 15) is 4.79 Å². The van der Waals surface area contributed by atoms with E-state index in [0.29, 0.717) is 21.9 Å². The minimum atomic E-state index is -0.567. The molecule has 0 atom stereocenters. The second-order valence-electron chi connectivity index (χ2n) is 4.82. The van der Waals surface area contributed by atoms with Gasteiger partial charge in [0.05, 0.1) is 22.7 Å². The molecule has 2 aromatic carbocycles. The van der Waals surface area contributed by atoms with Crippen molar-refractivity contribution < 1.29 is 14.3 Å². The van der Waals surface area contributed by atoms with Crippen molar-refractivity contribution in [1.29, 1.82) is 0 Å². The number of hydrogen-bond donors (Lipinski definition) is 0. The molecule has 122 valence electrons. The number of ether oxygens (including phenoxy) is 2. The van der Waals surface area contributed by atoms with Gasteiger partial charge in [0.2, 0.25) is 5.90 Å². The van der Waals surface area contributed by atoms with E-state index in [4.69, 9.17) is 32.7 Å². The maximum absolute atomic E-state index is 12.1. The molecule has 3 rings (SSSR count). The van der Waals surface area contributed by atoms with Gasteiger partial charge < -0.3 is 9.47 Å². The van der Waals surface area contributed by atoms with Gasteiger partial charge in [0.15, 0.2) is 5.70 Å². The monoisotopic (exact) mass is 425 g/mol. The largest absolute Gasteiger partial charge is 0.496 e. The van der Waals surface area contributed by atoms with Crippen LogP contribution < -0.4 is 4.74 Å². The molecular weight excluding hydrogens is 417 g/mol. The van der Waals surface area contributed by atoms with Crippen LogP contribution in [0.25, 0.3) is 6.08 Å². The van der Waals surface area contributed by atoms with E-state index in [-0.39, 0.29) is 16.6 Å². The molecular formula is C17H10BrCl2NO3. The van der Waals surface area contributed by atoms with Crippen LogP contribution in [0.15, 0.2) is 51.6 Å². The van der Waals surface area contributed by atoms with Crippen molar-refractivity contribution >= 4 is 57.1 Å². The number of methoxy groups -OCH3 is 1. The normalized spacial score (nSPS) is 15.4.